The number of nitrogens with zero attached hydrogens (tertiary/aromatic N) is 1. The Hall–Kier alpha value is -2.23. The lowest BCUT2D eigenvalue weighted by atomic mass is 9.91. The van der Waals surface area contributed by atoms with E-state index in [4.69, 9.17) is 0 Å². The molecule has 2 nitrogen and oxygen atoms in total. The molecular formula is C21H23F2NO. The average Bonchev–Trinajstić information content (AvgIpc) is 2.58. The summed E-state index contributed by atoms with van der Waals surface area (Å²) in [5, 5.41) is 0. The lowest BCUT2D eigenvalue weighted by Crippen LogP contribution is -2.38. The van der Waals surface area contributed by atoms with E-state index >= 15 is 0 Å². The fourth-order valence-electron chi connectivity index (χ4n) is 3.47. The Morgan fingerprint density at radius 1 is 1.20 bits per heavy atom. The van der Waals surface area contributed by atoms with Gasteiger partial charge in [0.15, 0.2) is 0 Å². The summed E-state index contributed by atoms with van der Waals surface area (Å²) in [5.74, 6) is -0.323. The van der Waals surface area contributed by atoms with E-state index < -0.39 is 5.67 Å². The lowest BCUT2D eigenvalue weighted by Gasteiger charge is -2.34. The first-order chi connectivity index (χ1) is 11.9. The first kappa shape index (κ1) is 17.6. The zero-order valence-electron chi connectivity index (χ0n) is 14.6. The van der Waals surface area contributed by atoms with Crippen molar-refractivity contribution in [1.82, 2.24) is 0 Å². The quantitative estimate of drug-likeness (QED) is 0.704. The van der Waals surface area contributed by atoms with Gasteiger partial charge in [-0.15, -0.1) is 0 Å². The van der Waals surface area contributed by atoms with E-state index in [1.165, 1.54) is 12.1 Å². The predicted octanol–water partition coefficient (Wildman–Crippen LogP) is 4.94. The molecule has 0 fully saturated rings. The van der Waals surface area contributed by atoms with Crippen LogP contribution >= 0.6 is 0 Å². The lowest BCUT2D eigenvalue weighted by molar-refractivity contribution is -0.108. The van der Waals surface area contributed by atoms with Crippen molar-refractivity contribution < 1.29 is 13.6 Å². The molecule has 3 rings (SSSR count). The highest BCUT2D eigenvalue weighted by atomic mass is 19.1. The SMILES string of the molecule is CC(C)(F)c1ccc(CCC2CCc3ccc(F)cc3N2C=O)cc1. The summed E-state index contributed by atoms with van der Waals surface area (Å²) in [5.41, 5.74) is 2.13. The summed E-state index contributed by atoms with van der Waals surface area (Å²) in [7, 11) is 0. The molecule has 1 unspecified atom stereocenters. The summed E-state index contributed by atoms with van der Waals surface area (Å²) in [6.07, 6.45) is 4.11. The van der Waals surface area contributed by atoms with Gasteiger partial charge in [0.05, 0.1) is 0 Å². The molecular weight excluding hydrogens is 320 g/mol. The van der Waals surface area contributed by atoms with E-state index in [2.05, 4.69) is 0 Å². The number of carbonyl (C=O) groups excluding carboxylic acids is 1. The highest BCUT2D eigenvalue weighted by Crippen LogP contribution is 2.32. The number of fused-ring (bicyclic) bond motifs is 1. The summed E-state index contributed by atoms with van der Waals surface area (Å²) in [4.78, 5) is 13.2. The molecule has 1 aliphatic heterocycles. The maximum atomic E-state index is 13.9. The fraction of sp³-hybridized carbons (Fsp3) is 0.381. The Morgan fingerprint density at radius 2 is 1.92 bits per heavy atom. The molecule has 0 saturated heterocycles. The number of rotatable bonds is 5. The van der Waals surface area contributed by atoms with Crippen molar-refractivity contribution in [1.29, 1.82) is 0 Å². The molecule has 2 aromatic rings. The van der Waals surface area contributed by atoms with E-state index in [9.17, 15) is 13.6 Å². The van der Waals surface area contributed by atoms with Crippen LogP contribution in [0.3, 0.4) is 0 Å². The number of benzene rings is 2. The molecule has 0 saturated carbocycles. The third-order valence-electron chi connectivity index (χ3n) is 4.99. The Morgan fingerprint density at radius 3 is 2.56 bits per heavy atom. The number of anilines is 1. The van der Waals surface area contributed by atoms with Crippen LogP contribution in [0.2, 0.25) is 0 Å². The molecule has 1 heterocycles. The predicted molar refractivity (Wildman–Crippen MR) is 95.9 cm³/mol. The Labute approximate surface area is 147 Å². The standard InChI is InChI=1S/C21H23F2NO/c1-21(2,23)17-8-3-15(4-9-17)5-11-19-12-7-16-6-10-18(22)13-20(16)24(19)14-25/h3-4,6,8-10,13-14,19H,5,7,11-12H2,1-2H3. The van der Waals surface area contributed by atoms with E-state index in [1.807, 2.05) is 24.3 Å². The van der Waals surface area contributed by atoms with Gasteiger partial charge in [-0.2, -0.15) is 0 Å². The first-order valence-electron chi connectivity index (χ1n) is 8.69. The minimum atomic E-state index is -1.34. The van der Waals surface area contributed by atoms with Crippen LogP contribution in [0.5, 0.6) is 0 Å². The maximum Gasteiger partial charge on any atom is 0.214 e. The number of hydrogen-bond acceptors (Lipinski definition) is 1. The van der Waals surface area contributed by atoms with Gasteiger partial charge in [0.2, 0.25) is 6.41 Å². The van der Waals surface area contributed by atoms with Gasteiger partial charge in [-0.1, -0.05) is 30.3 Å². The van der Waals surface area contributed by atoms with Gasteiger partial charge < -0.3 is 4.90 Å². The van der Waals surface area contributed by atoms with Crippen molar-refractivity contribution >= 4 is 12.1 Å². The largest absolute Gasteiger partial charge is 0.312 e. The van der Waals surface area contributed by atoms with Crippen LogP contribution in [0.25, 0.3) is 0 Å². The van der Waals surface area contributed by atoms with Crippen LogP contribution in [0.1, 0.15) is 43.4 Å². The monoisotopic (exact) mass is 343 g/mol. The molecule has 1 aliphatic rings. The van der Waals surface area contributed by atoms with Crippen LogP contribution in [0, 0.1) is 5.82 Å². The van der Waals surface area contributed by atoms with Crippen molar-refractivity contribution in [2.24, 2.45) is 0 Å². The Bertz CT molecular complexity index is 749. The molecule has 0 aromatic heterocycles. The molecule has 4 heteroatoms. The fourth-order valence-corrected chi connectivity index (χ4v) is 3.47. The zero-order valence-corrected chi connectivity index (χ0v) is 14.6. The third kappa shape index (κ3) is 3.89. The molecule has 1 amide bonds. The van der Waals surface area contributed by atoms with Crippen molar-refractivity contribution in [2.45, 2.75) is 51.2 Å². The van der Waals surface area contributed by atoms with Crippen molar-refractivity contribution in [2.75, 3.05) is 4.90 Å². The van der Waals surface area contributed by atoms with Gasteiger partial charge in [0.1, 0.15) is 11.5 Å². The van der Waals surface area contributed by atoms with E-state index in [0.717, 1.165) is 43.2 Å². The van der Waals surface area contributed by atoms with E-state index in [1.54, 1.807) is 24.8 Å². The normalized spacial score (nSPS) is 17.3. The smallest absolute Gasteiger partial charge is 0.214 e. The van der Waals surface area contributed by atoms with Gasteiger partial charge >= 0.3 is 0 Å². The van der Waals surface area contributed by atoms with Crippen LogP contribution < -0.4 is 4.90 Å². The van der Waals surface area contributed by atoms with Gasteiger partial charge in [-0.05, 0) is 68.4 Å². The average molecular weight is 343 g/mol. The highest BCUT2D eigenvalue weighted by molar-refractivity contribution is 5.79. The molecule has 25 heavy (non-hydrogen) atoms. The molecule has 0 spiro atoms. The number of carbonyl (C=O) groups is 1. The Kier molecular flexibility index (Phi) is 4.89. The second-order valence-electron chi connectivity index (χ2n) is 7.19. The zero-order chi connectivity index (χ0) is 18.0. The summed E-state index contributed by atoms with van der Waals surface area (Å²) >= 11 is 0. The van der Waals surface area contributed by atoms with Crippen molar-refractivity contribution in [3.63, 3.8) is 0 Å². The number of amides is 1. The van der Waals surface area contributed by atoms with Gasteiger partial charge in [0, 0.05) is 11.7 Å². The molecule has 2 aromatic carbocycles. The minimum absolute atomic E-state index is 0.0593. The van der Waals surface area contributed by atoms with Gasteiger partial charge in [-0.3, -0.25) is 4.79 Å². The first-order valence-corrected chi connectivity index (χ1v) is 8.69. The molecule has 1 atom stereocenters. The second kappa shape index (κ2) is 6.95. The number of aryl methyl sites for hydroxylation is 2. The van der Waals surface area contributed by atoms with Crippen molar-refractivity contribution in [3.8, 4) is 0 Å². The molecule has 0 aliphatic carbocycles. The van der Waals surface area contributed by atoms with Gasteiger partial charge in [-0.25, -0.2) is 8.78 Å². The van der Waals surface area contributed by atoms with E-state index in [-0.39, 0.29) is 11.9 Å². The molecule has 0 N–H and O–H groups in total. The van der Waals surface area contributed by atoms with Gasteiger partial charge in [0.25, 0.3) is 0 Å². The minimum Gasteiger partial charge on any atom is -0.312 e. The van der Waals surface area contributed by atoms with Crippen LogP contribution in [-0.2, 0) is 23.3 Å². The van der Waals surface area contributed by atoms with Crippen LogP contribution in [0.15, 0.2) is 42.5 Å². The summed E-state index contributed by atoms with van der Waals surface area (Å²) in [6.45, 7) is 3.09. The molecule has 132 valence electrons. The Balaban J connectivity index is 1.70. The maximum absolute atomic E-state index is 13.9. The van der Waals surface area contributed by atoms with Crippen molar-refractivity contribution in [3.05, 3.63) is 65.0 Å². The van der Waals surface area contributed by atoms with E-state index in [0.29, 0.717) is 11.3 Å². The highest BCUT2D eigenvalue weighted by Gasteiger charge is 2.26. The summed E-state index contributed by atoms with van der Waals surface area (Å²) < 4.78 is 27.5. The molecule has 0 radical (unpaired) electrons. The van der Waals surface area contributed by atoms with Crippen LogP contribution in [0.4, 0.5) is 14.5 Å². The second-order valence-corrected chi connectivity index (χ2v) is 7.19. The molecule has 0 bridgehead atoms. The number of alkyl halides is 1. The third-order valence-corrected chi connectivity index (χ3v) is 4.99. The number of halogens is 2. The topological polar surface area (TPSA) is 20.3 Å². The summed E-state index contributed by atoms with van der Waals surface area (Å²) in [6, 6.07) is 12.2. The van der Waals surface area contributed by atoms with Crippen LogP contribution in [-0.4, -0.2) is 12.5 Å². The number of hydrogen-bond donors (Lipinski definition) is 0.